The van der Waals surface area contributed by atoms with E-state index in [4.69, 9.17) is 0 Å². The van der Waals surface area contributed by atoms with Crippen LogP contribution in [-0.2, 0) is 26.2 Å². The minimum absolute atomic E-state index is 0. The van der Waals surface area contributed by atoms with Crippen LogP contribution in [0, 0.1) is 6.92 Å². The van der Waals surface area contributed by atoms with Gasteiger partial charge in [0.25, 0.3) is 0 Å². The van der Waals surface area contributed by atoms with Gasteiger partial charge in [0.1, 0.15) is 0 Å². The third kappa shape index (κ3) is 6.96. The number of aryl methyl sites for hydroxylation is 1. The predicted molar refractivity (Wildman–Crippen MR) is 61.8 cm³/mol. The van der Waals surface area contributed by atoms with Crippen LogP contribution >= 0.6 is 0 Å². The Morgan fingerprint density at radius 1 is 1.06 bits per heavy atom. The fraction of sp³-hybridized carbons (Fsp3) is 0.250. The Morgan fingerprint density at radius 3 is 2.06 bits per heavy atom. The van der Waals surface area contributed by atoms with Gasteiger partial charge in [0.2, 0.25) is 0 Å². The Morgan fingerprint density at radius 2 is 1.56 bits per heavy atom. The van der Waals surface area contributed by atoms with Crippen molar-refractivity contribution in [2.24, 2.45) is 0 Å². The van der Waals surface area contributed by atoms with Crippen LogP contribution < -0.4 is 24.8 Å². The molecule has 0 aliphatic rings. The Labute approximate surface area is 132 Å². The maximum absolute atomic E-state index is 2.20. The van der Waals surface area contributed by atoms with E-state index in [1.165, 1.54) is 16.3 Å². The predicted octanol–water partition coefficient (Wildman–Crippen LogP) is -2.34. The zero-order valence-electron chi connectivity index (χ0n) is 9.72. The Kier molecular flexibility index (Phi) is 16.3. The summed E-state index contributed by atoms with van der Waals surface area (Å²) in [5.41, 5.74) is 1.35. The summed E-state index contributed by atoms with van der Waals surface area (Å²) in [6.07, 6.45) is 0. The van der Waals surface area contributed by atoms with Crippen LogP contribution in [0.25, 0.3) is 10.8 Å². The maximum atomic E-state index is 2.20. The van der Waals surface area contributed by atoms with Crippen molar-refractivity contribution in [1.29, 1.82) is 0 Å². The van der Waals surface area contributed by atoms with Gasteiger partial charge in [-0.3, -0.25) is 0 Å². The molecule has 0 N–H and O–H groups in total. The summed E-state index contributed by atoms with van der Waals surface area (Å²) in [4.78, 5) is 0. The van der Waals surface area contributed by atoms with Crippen molar-refractivity contribution in [3.63, 3.8) is 0 Å². The van der Waals surface area contributed by atoms with Gasteiger partial charge < -0.3 is 24.8 Å². The molecule has 0 aromatic heterocycles. The van der Waals surface area contributed by atoms with E-state index >= 15 is 0 Å². The summed E-state index contributed by atoms with van der Waals surface area (Å²) in [5, 5.41) is 2.69. The number of fused-ring (bicyclic) bond motifs is 1. The van der Waals surface area contributed by atoms with E-state index in [1.807, 2.05) is 0 Å². The summed E-state index contributed by atoms with van der Waals surface area (Å²) >= 11 is 0. The van der Waals surface area contributed by atoms with Crippen molar-refractivity contribution < 1.29 is 51.0 Å². The van der Waals surface area contributed by atoms with Crippen LogP contribution in [0.5, 0.6) is 0 Å². The molecule has 0 unspecified atom stereocenters. The molecule has 4 heteroatoms. The molecule has 3 radical (unpaired) electrons. The largest absolute Gasteiger partial charge is 3.00 e. The molecule has 0 spiro atoms. The van der Waals surface area contributed by atoms with E-state index < -0.39 is 0 Å². The second-order valence-corrected chi connectivity index (χ2v) is 4.16. The molecule has 0 saturated heterocycles. The molecule has 16 heavy (non-hydrogen) atoms. The van der Waals surface area contributed by atoms with E-state index in [1.54, 1.807) is 0 Å². The average Bonchev–Trinajstić information content (AvgIpc) is 2.45. The van der Waals surface area contributed by atoms with Gasteiger partial charge in [0.05, 0.1) is 0 Å². The smallest absolute Gasteiger partial charge is 1.00 e. The van der Waals surface area contributed by atoms with Crippen molar-refractivity contribution >= 4 is 20.3 Å². The van der Waals surface area contributed by atoms with Crippen LogP contribution in [0.1, 0.15) is 5.56 Å². The number of benzene rings is 1. The molecule has 0 fully saturated rings. The van der Waals surface area contributed by atoms with Crippen LogP contribution in [-0.4, -0.2) is 9.52 Å². The summed E-state index contributed by atoms with van der Waals surface area (Å²) < 4.78 is 0. The number of hydrogen-bond acceptors (Lipinski definition) is 0. The average molecular weight is 349 g/mol. The van der Waals surface area contributed by atoms with Gasteiger partial charge in [0.15, 0.2) is 0 Å². The molecule has 0 atom stereocenters. The summed E-state index contributed by atoms with van der Waals surface area (Å²) in [5.74, 6) is 0. The first kappa shape index (κ1) is 21.8. The minimum Gasteiger partial charge on any atom is -1.00 e. The first-order valence-electron chi connectivity index (χ1n) is 4.48. The third-order valence-corrected chi connectivity index (χ3v) is 1.76. The van der Waals surface area contributed by atoms with E-state index in [2.05, 4.69) is 56.4 Å². The van der Waals surface area contributed by atoms with Gasteiger partial charge in [-0.2, -0.15) is 6.07 Å². The molecule has 2 aromatic carbocycles. The fourth-order valence-corrected chi connectivity index (χ4v) is 1.31. The van der Waals surface area contributed by atoms with Crippen molar-refractivity contribution in [2.75, 3.05) is 0 Å². The monoisotopic (exact) mass is 347 g/mol. The van der Waals surface area contributed by atoms with Gasteiger partial charge in [-0.25, -0.2) is 0 Å². The molecule has 0 bridgehead atoms. The number of halogens is 2. The van der Waals surface area contributed by atoms with E-state index in [9.17, 15) is 0 Å². The normalized spacial score (nSPS) is 7.69. The van der Waals surface area contributed by atoms with Crippen molar-refractivity contribution in [3.05, 3.63) is 42.0 Å². The molecular weight excluding hydrogens is 334 g/mol. The standard InChI is InChI=1S/C10H9.C2H6Si.2ClH.Zr/c1-8-6-9-4-2-3-5-10(9)7-8;1-3-2;;;/h2-7H,1H3;1-2H3;2*1H;/q-1;;;;+3/p-2. The number of hydrogen-bond donors (Lipinski definition) is 0. The van der Waals surface area contributed by atoms with Crippen molar-refractivity contribution in [3.8, 4) is 0 Å². The third-order valence-electron chi connectivity index (χ3n) is 1.76. The van der Waals surface area contributed by atoms with E-state index in [0.717, 1.165) is 9.52 Å². The van der Waals surface area contributed by atoms with Gasteiger partial charge >= 0.3 is 26.2 Å². The Hall–Kier alpha value is 0.510. The van der Waals surface area contributed by atoms with E-state index in [-0.39, 0.29) is 51.0 Å². The summed E-state index contributed by atoms with van der Waals surface area (Å²) in [6.45, 7) is 6.43. The second kappa shape index (κ2) is 12.0. The first-order valence-corrected chi connectivity index (χ1v) is 6.48. The van der Waals surface area contributed by atoms with Gasteiger partial charge in [0, 0.05) is 9.52 Å². The van der Waals surface area contributed by atoms with E-state index in [0.29, 0.717) is 0 Å². The summed E-state index contributed by atoms with van der Waals surface area (Å²) in [6, 6.07) is 12.8. The molecule has 0 amide bonds. The Balaban J connectivity index is -0.000000258. The Bertz CT molecular complexity index is 341. The molecule has 2 rings (SSSR count). The molecule has 0 heterocycles. The molecule has 0 aliphatic heterocycles. The van der Waals surface area contributed by atoms with Crippen molar-refractivity contribution in [2.45, 2.75) is 20.0 Å². The minimum atomic E-state index is 0. The fourth-order valence-electron chi connectivity index (χ4n) is 1.31. The zero-order chi connectivity index (χ0) is 9.68. The van der Waals surface area contributed by atoms with Crippen LogP contribution in [0.4, 0.5) is 0 Å². The molecular formula is C12H15Cl2SiZr. The molecule has 0 saturated carbocycles. The van der Waals surface area contributed by atoms with Crippen LogP contribution in [0.15, 0.2) is 36.4 Å². The zero-order valence-corrected chi connectivity index (χ0v) is 14.7. The molecule has 0 nitrogen and oxygen atoms in total. The molecule has 85 valence electrons. The summed E-state index contributed by atoms with van der Waals surface area (Å²) in [7, 11) is 1.08. The van der Waals surface area contributed by atoms with Crippen LogP contribution in [0.2, 0.25) is 13.1 Å². The van der Waals surface area contributed by atoms with Crippen LogP contribution in [0.3, 0.4) is 0 Å². The molecule has 2 aromatic rings. The molecule has 0 aliphatic carbocycles. The van der Waals surface area contributed by atoms with Crippen molar-refractivity contribution in [1.82, 2.24) is 0 Å². The number of rotatable bonds is 0. The topological polar surface area (TPSA) is 0 Å². The first-order chi connectivity index (χ1) is 6.27. The van der Waals surface area contributed by atoms with Gasteiger partial charge in [-0.05, 0) is 0 Å². The maximum Gasteiger partial charge on any atom is 3.00 e. The van der Waals surface area contributed by atoms with Gasteiger partial charge in [-0.15, -0.1) is 40.6 Å². The second-order valence-electron chi connectivity index (χ2n) is 3.16. The SMILES string of the molecule is C[Si]C.Cc1cc2ccccc2[cH-]1.[Cl-].[Cl-].[Zr+3]. The van der Waals surface area contributed by atoms with Gasteiger partial charge in [-0.1, -0.05) is 26.1 Å². The quantitative estimate of drug-likeness (QED) is 0.369.